The molecule has 0 aromatic heterocycles. The molecule has 287 valence electrons. The zero-order chi connectivity index (χ0) is 33.5. The van der Waals surface area contributed by atoms with Crippen molar-refractivity contribution in [2.24, 2.45) is 47.3 Å². The van der Waals surface area contributed by atoms with E-state index in [0.717, 1.165) is 5.75 Å². The molecule has 5 saturated heterocycles. The zero-order valence-corrected chi connectivity index (χ0v) is 32.5. The third-order valence-electron chi connectivity index (χ3n) is 15.0. The van der Waals surface area contributed by atoms with Crippen LogP contribution < -0.4 is 47.3 Å². The molecule has 0 amide bonds. The Balaban J connectivity index is 0.00000348. The van der Waals surface area contributed by atoms with E-state index in [9.17, 15) is 0 Å². The fourth-order valence-electron chi connectivity index (χ4n) is 12.7. The van der Waals surface area contributed by atoms with Crippen LogP contribution in [0.15, 0.2) is 30.3 Å². The van der Waals surface area contributed by atoms with Gasteiger partial charge in [0.2, 0.25) is 0 Å². The molecule has 20 unspecified atom stereocenters. The standard InChI is InChI=1S/C38H57Cl3N8O.Cu/c39-27-25-26(28(40)30(29(27)41)50-18-10-2-1-3-11-18)38-48-36-24-17-9-7-15-22(24)34(46-36)44-32-20-13-5-4-12-19(20)31(42-32)43-33-21-14-6-8-16-23(21)35(45-33)47-37(25)49-38;/h1-3,10-11,19-38,42-49H,4-9,12-17H2;. The fraction of sp³-hybridized carbons (Fsp3) is 0.842. The first kappa shape index (κ1) is 36.7. The smallest absolute Gasteiger partial charge is 0.133 e. The van der Waals surface area contributed by atoms with Crippen molar-refractivity contribution >= 4 is 34.8 Å². The van der Waals surface area contributed by atoms with Gasteiger partial charge in [-0.25, -0.2) is 0 Å². The maximum atomic E-state index is 7.60. The summed E-state index contributed by atoms with van der Waals surface area (Å²) in [5, 5.41) is 32.2. The van der Waals surface area contributed by atoms with E-state index in [0.29, 0.717) is 47.8 Å². The molecule has 20 atom stereocenters. The van der Waals surface area contributed by atoms with Gasteiger partial charge in [0.25, 0.3) is 0 Å². The normalized spacial score (nSPS) is 53.2. The van der Waals surface area contributed by atoms with Gasteiger partial charge in [-0.05, 0) is 86.2 Å². The molecule has 1 aromatic rings. The molecule has 9 fully saturated rings. The second-order valence-corrected chi connectivity index (χ2v) is 18.9. The summed E-state index contributed by atoms with van der Waals surface area (Å²) in [6.45, 7) is 0. The van der Waals surface area contributed by atoms with Crippen molar-refractivity contribution in [2.45, 2.75) is 149 Å². The number of halogens is 3. The number of rotatable bonds is 2. The molecular formula is C38H57Cl3CuN8O. The molecule has 5 aliphatic heterocycles. The molecule has 5 heterocycles. The van der Waals surface area contributed by atoms with Crippen LogP contribution in [0, 0.1) is 47.3 Å². The topological polar surface area (TPSA) is 105 Å². The number of hydrogen-bond donors (Lipinski definition) is 8. The van der Waals surface area contributed by atoms with Gasteiger partial charge in [0, 0.05) is 28.9 Å². The minimum atomic E-state index is -0.432. The Labute approximate surface area is 329 Å². The van der Waals surface area contributed by atoms with E-state index in [1.807, 2.05) is 30.3 Å². The van der Waals surface area contributed by atoms with Crippen molar-refractivity contribution in [3.63, 3.8) is 0 Å². The van der Waals surface area contributed by atoms with Gasteiger partial charge in [-0.1, -0.05) is 56.7 Å². The number of nitrogens with one attached hydrogen (secondary N) is 8. The number of para-hydroxylation sites is 1. The maximum absolute atomic E-state index is 7.60. The number of ether oxygens (including phenoxy) is 1. The third kappa shape index (κ3) is 6.54. The minimum Gasteiger partial charge on any atom is -0.487 e. The van der Waals surface area contributed by atoms with Crippen LogP contribution in [0.4, 0.5) is 0 Å². The summed E-state index contributed by atoms with van der Waals surface area (Å²) in [5.74, 6) is 4.47. The molecule has 1 radical (unpaired) electrons. The predicted molar refractivity (Wildman–Crippen MR) is 198 cm³/mol. The molecule has 13 heteroatoms. The van der Waals surface area contributed by atoms with Crippen LogP contribution in [0.1, 0.15) is 77.0 Å². The molecule has 10 rings (SSSR count). The SMILES string of the molecule is ClC1C(Cl)C2C3NC4NC(NC5NC(NC6NC(NC(N3)C2C(Cl)C1Oc1ccccc1)C1CCCCC61)C1CCCCC51)C1CCCCC41.[Cu]. The average Bonchev–Trinajstić information content (AvgIpc) is 3.88. The Morgan fingerprint density at radius 2 is 0.725 bits per heavy atom. The van der Waals surface area contributed by atoms with Crippen LogP contribution >= 0.6 is 34.8 Å². The van der Waals surface area contributed by atoms with E-state index in [1.54, 1.807) is 0 Å². The summed E-state index contributed by atoms with van der Waals surface area (Å²) < 4.78 is 6.58. The second-order valence-electron chi connectivity index (χ2n) is 17.4. The largest absolute Gasteiger partial charge is 0.487 e. The zero-order valence-electron chi connectivity index (χ0n) is 29.3. The van der Waals surface area contributed by atoms with E-state index in [2.05, 4.69) is 42.5 Å². The van der Waals surface area contributed by atoms with Crippen LogP contribution in [0.3, 0.4) is 0 Å². The van der Waals surface area contributed by atoms with E-state index >= 15 is 0 Å². The first-order valence-electron chi connectivity index (χ1n) is 20.2. The first-order chi connectivity index (χ1) is 24.5. The number of alkyl halides is 3. The van der Waals surface area contributed by atoms with Crippen molar-refractivity contribution in [1.29, 1.82) is 0 Å². The summed E-state index contributed by atoms with van der Waals surface area (Å²) in [6.07, 6.45) is 16.6. The molecule has 8 bridgehead atoms. The van der Waals surface area contributed by atoms with Crippen LogP contribution in [0.2, 0.25) is 0 Å². The number of benzene rings is 1. The monoisotopic (exact) mass is 809 g/mol. The molecule has 8 N–H and O–H groups in total. The summed E-state index contributed by atoms with van der Waals surface area (Å²) in [4.78, 5) is 0. The van der Waals surface area contributed by atoms with Crippen LogP contribution in [0.5, 0.6) is 5.75 Å². The molecule has 9 aliphatic rings. The molecule has 4 saturated carbocycles. The van der Waals surface area contributed by atoms with E-state index in [-0.39, 0.29) is 76.7 Å². The van der Waals surface area contributed by atoms with Gasteiger partial charge < -0.3 is 4.74 Å². The van der Waals surface area contributed by atoms with E-state index in [1.165, 1.54) is 77.0 Å². The molecule has 9 nitrogen and oxygen atoms in total. The first-order valence-corrected chi connectivity index (χ1v) is 21.5. The number of fused-ring (bicyclic) bond motifs is 20. The molecule has 51 heavy (non-hydrogen) atoms. The molecular weight excluding hydrogens is 754 g/mol. The van der Waals surface area contributed by atoms with Gasteiger partial charge in [0.15, 0.2) is 0 Å². The van der Waals surface area contributed by atoms with Crippen LogP contribution in [0.25, 0.3) is 0 Å². The van der Waals surface area contributed by atoms with E-state index in [4.69, 9.17) is 39.5 Å². The summed E-state index contributed by atoms with van der Waals surface area (Å²) >= 11 is 22.4. The van der Waals surface area contributed by atoms with E-state index < -0.39 is 11.5 Å². The summed E-state index contributed by atoms with van der Waals surface area (Å²) in [6, 6.07) is 9.95. The Morgan fingerprint density at radius 3 is 1.10 bits per heavy atom. The minimum absolute atomic E-state index is 0. The van der Waals surface area contributed by atoms with Gasteiger partial charge >= 0.3 is 0 Å². The van der Waals surface area contributed by atoms with Crippen molar-refractivity contribution in [3.05, 3.63) is 30.3 Å². The number of hydrogen-bond acceptors (Lipinski definition) is 9. The van der Waals surface area contributed by atoms with Gasteiger partial charge in [0.1, 0.15) is 11.9 Å². The fourth-order valence-corrected chi connectivity index (χ4v) is 14.1. The molecule has 1 aromatic carbocycles. The molecule has 0 spiro atoms. The van der Waals surface area contributed by atoms with Gasteiger partial charge in [0.05, 0.1) is 65.5 Å². The molecule has 4 aliphatic carbocycles. The predicted octanol–water partition coefficient (Wildman–Crippen LogP) is 4.31. The Bertz CT molecular complexity index is 1360. The van der Waals surface area contributed by atoms with Gasteiger partial charge in [-0.3, -0.25) is 42.5 Å². The Hall–Kier alpha value is 0.0895. The van der Waals surface area contributed by atoms with Crippen LogP contribution in [-0.4, -0.2) is 71.6 Å². The summed E-state index contributed by atoms with van der Waals surface area (Å²) in [7, 11) is 0. The Morgan fingerprint density at radius 1 is 0.412 bits per heavy atom. The third-order valence-corrected chi connectivity index (χ3v) is 16.7. The van der Waals surface area contributed by atoms with Crippen LogP contribution in [-0.2, 0) is 17.1 Å². The average molecular weight is 812 g/mol. The second kappa shape index (κ2) is 15.2. The maximum Gasteiger partial charge on any atom is 0.133 e. The Kier molecular flexibility index (Phi) is 10.9. The van der Waals surface area contributed by atoms with Crippen molar-refractivity contribution in [3.8, 4) is 5.75 Å². The summed E-state index contributed by atoms with van der Waals surface area (Å²) in [5.41, 5.74) is 0. The van der Waals surface area contributed by atoms with Gasteiger partial charge in [-0.15, -0.1) is 34.8 Å². The quantitative estimate of drug-likeness (QED) is 0.164. The van der Waals surface area contributed by atoms with Gasteiger partial charge in [-0.2, -0.15) is 0 Å². The van der Waals surface area contributed by atoms with Crippen molar-refractivity contribution < 1.29 is 21.8 Å². The van der Waals surface area contributed by atoms with Crippen molar-refractivity contribution in [2.75, 3.05) is 0 Å². The van der Waals surface area contributed by atoms with Crippen molar-refractivity contribution in [1.82, 2.24) is 42.5 Å².